The Morgan fingerprint density at radius 2 is 1.71 bits per heavy atom. The molecule has 0 amide bonds. The van der Waals surface area contributed by atoms with Crippen LogP contribution in [0.1, 0.15) is 16.0 Å². The highest BCUT2D eigenvalue weighted by atomic mass is 32.1. The topological polar surface area (TPSA) is 55.7 Å². The molecule has 156 valence electrons. The van der Waals surface area contributed by atoms with Crippen LogP contribution in [0.2, 0.25) is 0 Å². The molecule has 4 aromatic rings. The van der Waals surface area contributed by atoms with Gasteiger partial charge in [0.25, 0.3) is 0 Å². The summed E-state index contributed by atoms with van der Waals surface area (Å²) in [7, 11) is 1.63. The van der Waals surface area contributed by atoms with Crippen LogP contribution in [0.25, 0.3) is 11.3 Å². The van der Waals surface area contributed by atoms with E-state index in [0.29, 0.717) is 18.1 Å². The first kappa shape index (κ1) is 20.6. The molecule has 0 aliphatic heterocycles. The molecule has 6 heteroatoms. The van der Waals surface area contributed by atoms with E-state index >= 15 is 0 Å². The molecular weight excluding hydrogens is 406 g/mol. The molecule has 5 nitrogen and oxygen atoms in total. The van der Waals surface area contributed by atoms with Crippen molar-refractivity contribution in [2.75, 3.05) is 12.5 Å². The van der Waals surface area contributed by atoms with Gasteiger partial charge in [-0.2, -0.15) is 5.10 Å². The summed E-state index contributed by atoms with van der Waals surface area (Å²) in [5.41, 5.74) is 7.01. The molecule has 0 radical (unpaired) electrons. The Bertz CT molecular complexity index is 1160. The van der Waals surface area contributed by atoms with Crippen molar-refractivity contribution in [3.8, 4) is 22.8 Å². The van der Waals surface area contributed by atoms with Crippen LogP contribution in [0.15, 0.2) is 84.0 Å². The first-order chi connectivity index (χ1) is 15.2. The second-order valence-corrected chi connectivity index (χ2v) is 8.02. The maximum Gasteiger partial charge on any atom is 0.204 e. The third-order valence-corrected chi connectivity index (χ3v) is 5.54. The summed E-state index contributed by atoms with van der Waals surface area (Å²) in [6.45, 7) is 2.51. The van der Waals surface area contributed by atoms with E-state index in [2.05, 4.69) is 34.6 Å². The molecule has 0 spiro atoms. The Morgan fingerprint density at radius 3 is 2.45 bits per heavy atom. The fourth-order valence-electron chi connectivity index (χ4n) is 3.14. The molecule has 0 fully saturated rings. The van der Waals surface area contributed by atoms with Crippen molar-refractivity contribution < 1.29 is 9.47 Å². The SMILES string of the molecule is COc1cccc(/C=N\Nc2nc(-c3ccccc3)c(C)s2)c1OCc1ccccc1. The average molecular weight is 430 g/mol. The summed E-state index contributed by atoms with van der Waals surface area (Å²) in [6.07, 6.45) is 1.72. The summed E-state index contributed by atoms with van der Waals surface area (Å²) >= 11 is 1.57. The van der Waals surface area contributed by atoms with Crippen LogP contribution in [0.3, 0.4) is 0 Å². The molecule has 31 heavy (non-hydrogen) atoms. The van der Waals surface area contributed by atoms with Crippen molar-refractivity contribution in [1.82, 2.24) is 4.98 Å². The number of thiazole rings is 1. The Kier molecular flexibility index (Phi) is 6.59. The van der Waals surface area contributed by atoms with Crippen molar-refractivity contribution in [3.05, 3.63) is 94.9 Å². The van der Waals surface area contributed by atoms with Gasteiger partial charge in [-0.3, -0.25) is 5.43 Å². The highest BCUT2D eigenvalue weighted by molar-refractivity contribution is 7.15. The van der Waals surface area contributed by atoms with E-state index in [1.54, 1.807) is 24.7 Å². The largest absolute Gasteiger partial charge is 0.493 e. The highest BCUT2D eigenvalue weighted by Gasteiger charge is 2.11. The fraction of sp³-hybridized carbons (Fsp3) is 0.120. The number of methoxy groups -OCH3 is 1. The molecule has 0 unspecified atom stereocenters. The molecule has 0 saturated heterocycles. The highest BCUT2D eigenvalue weighted by Crippen LogP contribution is 2.32. The summed E-state index contributed by atoms with van der Waals surface area (Å²) < 4.78 is 11.6. The van der Waals surface area contributed by atoms with Crippen LogP contribution >= 0.6 is 11.3 Å². The van der Waals surface area contributed by atoms with E-state index in [9.17, 15) is 0 Å². The normalized spacial score (nSPS) is 10.9. The first-order valence-corrected chi connectivity index (χ1v) is 10.7. The predicted octanol–water partition coefficient (Wildman–Crippen LogP) is 6.15. The Hall–Kier alpha value is -3.64. The molecular formula is C25H23N3O2S. The smallest absolute Gasteiger partial charge is 0.204 e. The molecule has 0 aliphatic carbocycles. The van der Waals surface area contributed by atoms with E-state index in [0.717, 1.165) is 32.4 Å². The molecule has 0 saturated carbocycles. The van der Waals surface area contributed by atoms with Gasteiger partial charge in [-0.05, 0) is 24.6 Å². The van der Waals surface area contributed by atoms with Crippen LogP contribution < -0.4 is 14.9 Å². The van der Waals surface area contributed by atoms with Gasteiger partial charge in [0, 0.05) is 16.0 Å². The first-order valence-electron chi connectivity index (χ1n) is 9.90. The summed E-state index contributed by atoms with van der Waals surface area (Å²) in [4.78, 5) is 5.82. The molecule has 1 heterocycles. The van der Waals surface area contributed by atoms with Crippen LogP contribution in [-0.4, -0.2) is 18.3 Å². The van der Waals surface area contributed by atoms with Crippen LogP contribution in [0.5, 0.6) is 11.5 Å². The summed E-state index contributed by atoms with van der Waals surface area (Å²) in [5, 5.41) is 5.13. The quantitative estimate of drug-likeness (QED) is 0.269. The third kappa shape index (κ3) is 5.10. The van der Waals surface area contributed by atoms with Crippen molar-refractivity contribution in [2.45, 2.75) is 13.5 Å². The lowest BCUT2D eigenvalue weighted by molar-refractivity contribution is 0.284. The number of aromatic nitrogens is 1. The second-order valence-electron chi connectivity index (χ2n) is 6.81. The number of hydrogen-bond donors (Lipinski definition) is 1. The van der Waals surface area contributed by atoms with Gasteiger partial charge in [0.15, 0.2) is 11.5 Å². The second kappa shape index (κ2) is 9.91. The monoisotopic (exact) mass is 429 g/mol. The molecule has 0 atom stereocenters. The lowest BCUT2D eigenvalue weighted by atomic mass is 10.1. The number of para-hydroxylation sites is 1. The lowest BCUT2D eigenvalue weighted by Crippen LogP contribution is -2.01. The van der Waals surface area contributed by atoms with Gasteiger partial charge in [0.2, 0.25) is 5.13 Å². The minimum Gasteiger partial charge on any atom is -0.493 e. The van der Waals surface area contributed by atoms with Gasteiger partial charge in [-0.15, -0.1) is 11.3 Å². The predicted molar refractivity (Wildman–Crippen MR) is 127 cm³/mol. The number of anilines is 1. The zero-order valence-corrected chi connectivity index (χ0v) is 18.2. The van der Waals surface area contributed by atoms with Gasteiger partial charge in [0.05, 0.1) is 19.0 Å². The minimum absolute atomic E-state index is 0.446. The van der Waals surface area contributed by atoms with Gasteiger partial charge >= 0.3 is 0 Å². The number of ether oxygens (including phenoxy) is 2. The zero-order chi connectivity index (χ0) is 21.5. The summed E-state index contributed by atoms with van der Waals surface area (Å²) in [6, 6.07) is 25.9. The van der Waals surface area contributed by atoms with Crippen molar-refractivity contribution in [1.29, 1.82) is 0 Å². The van der Waals surface area contributed by atoms with E-state index in [-0.39, 0.29) is 0 Å². The maximum absolute atomic E-state index is 6.07. The summed E-state index contributed by atoms with van der Waals surface area (Å²) in [5.74, 6) is 1.32. The van der Waals surface area contributed by atoms with Crippen molar-refractivity contribution >= 4 is 22.7 Å². The number of hydrazone groups is 1. The Labute approximate surface area is 186 Å². The fourth-order valence-corrected chi connectivity index (χ4v) is 3.93. The molecule has 1 N–H and O–H groups in total. The number of nitrogens with zero attached hydrogens (tertiary/aromatic N) is 2. The van der Waals surface area contributed by atoms with E-state index < -0.39 is 0 Å². The Balaban J connectivity index is 1.50. The maximum atomic E-state index is 6.07. The number of rotatable bonds is 8. The van der Waals surface area contributed by atoms with Gasteiger partial charge < -0.3 is 9.47 Å². The standard InChI is InChI=1S/C25H23N3O2S/c1-18-23(20-12-7-4-8-13-20)27-25(31-18)28-26-16-21-14-9-15-22(29-2)24(21)30-17-19-10-5-3-6-11-19/h3-16H,17H2,1-2H3,(H,27,28)/b26-16-. The molecule has 3 aromatic carbocycles. The van der Waals surface area contributed by atoms with Crippen molar-refractivity contribution in [3.63, 3.8) is 0 Å². The number of hydrogen-bond acceptors (Lipinski definition) is 6. The van der Waals surface area contributed by atoms with Crippen LogP contribution in [0.4, 0.5) is 5.13 Å². The zero-order valence-electron chi connectivity index (χ0n) is 17.4. The van der Waals surface area contributed by atoms with Crippen LogP contribution in [-0.2, 0) is 6.61 Å². The lowest BCUT2D eigenvalue weighted by Gasteiger charge is -2.13. The molecule has 0 aliphatic rings. The Morgan fingerprint density at radius 1 is 0.968 bits per heavy atom. The van der Waals surface area contributed by atoms with Crippen LogP contribution in [0, 0.1) is 6.92 Å². The number of benzene rings is 3. The van der Waals surface area contributed by atoms with Gasteiger partial charge in [0.1, 0.15) is 6.61 Å². The van der Waals surface area contributed by atoms with Gasteiger partial charge in [-0.25, -0.2) is 4.98 Å². The number of aryl methyl sites for hydroxylation is 1. The number of nitrogens with one attached hydrogen (secondary N) is 1. The minimum atomic E-state index is 0.446. The van der Waals surface area contributed by atoms with E-state index in [4.69, 9.17) is 9.47 Å². The van der Waals surface area contributed by atoms with E-state index in [1.165, 1.54) is 0 Å². The van der Waals surface area contributed by atoms with Gasteiger partial charge in [-0.1, -0.05) is 66.7 Å². The average Bonchev–Trinajstić information content (AvgIpc) is 3.19. The molecule has 4 rings (SSSR count). The molecule has 0 bridgehead atoms. The van der Waals surface area contributed by atoms with Crippen molar-refractivity contribution in [2.24, 2.45) is 5.10 Å². The third-order valence-electron chi connectivity index (χ3n) is 4.66. The van der Waals surface area contributed by atoms with E-state index in [1.807, 2.05) is 66.7 Å². The molecule has 1 aromatic heterocycles.